The van der Waals surface area contributed by atoms with Crippen LogP contribution in [-0.2, 0) is 11.4 Å². The Morgan fingerprint density at radius 2 is 2.05 bits per heavy atom. The maximum Gasteiger partial charge on any atom is 0.176 e. The van der Waals surface area contributed by atoms with Crippen molar-refractivity contribution in [3.8, 4) is 11.5 Å². The molecule has 6 heteroatoms. The number of methoxy groups -OCH3 is 2. The van der Waals surface area contributed by atoms with Crippen LogP contribution in [0.15, 0.2) is 22.6 Å². The van der Waals surface area contributed by atoms with E-state index in [1.54, 1.807) is 20.3 Å². The number of ether oxygens (including phenoxy) is 2. The van der Waals surface area contributed by atoms with Crippen molar-refractivity contribution in [2.75, 3.05) is 26.6 Å². The summed E-state index contributed by atoms with van der Waals surface area (Å²) >= 11 is 5.52. The van der Waals surface area contributed by atoms with E-state index >= 15 is 0 Å². The quantitative estimate of drug-likeness (QED) is 0.481. The first-order valence-corrected chi connectivity index (χ1v) is 6.37. The first-order valence-electron chi connectivity index (χ1n) is 5.83. The second kappa shape index (κ2) is 6.65. The van der Waals surface area contributed by atoms with E-state index in [0.29, 0.717) is 36.1 Å². The fourth-order valence-corrected chi connectivity index (χ4v) is 1.80. The highest BCUT2D eigenvalue weighted by Crippen LogP contribution is 2.33. The van der Waals surface area contributed by atoms with Crippen LogP contribution in [0.5, 0.6) is 11.5 Å². The third-order valence-electron chi connectivity index (χ3n) is 2.58. The molecule has 2 rings (SSSR count). The molecule has 1 aromatic heterocycles. The van der Waals surface area contributed by atoms with E-state index in [9.17, 15) is 0 Å². The molecule has 19 heavy (non-hydrogen) atoms. The van der Waals surface area contributed by atoms with Crippen molar-refractivity contribution in [3.63, 3.8) is 0 Å². The number of benzene rings is 1. The Kier molecular flexibility index (Phi) is 4.90. The van der Waals surface area contributed by atoms with Gasteiger partial charge in [-0.05, 0) is 12.1 Å². The molecular weight excluding hydrogens is 270 g/mol. The zero-order valence-electron chi connectivity index (χ0n) is 10.9. The Bertz CT molecular complexity index is 541. The van der Waals surface area contributed by atoms with E-state index < -0.39 is 0 Å². The number of hydrogen-bond acceptors (Lipinski definition) is 5. The highest BCUT2D eigenvalue weighted by Gasteiger charge is 2.11. The van der Waals surface area contributed by atoms with Gasteiger partial charge in [0.1, 0.15) is 18.1 Å². The van der Waals surface area contributed by atoms with Gasteiger partial charge in [-0.25, -0.2) is 5.48 Å². The fraction of sp³-hybridized carbons (Fsp3) is 0.385. The van der Waals surface area contributed by atoms with Gasteiger partial charge in [0.05, 0.1) is 14.2 Å². The summed E-state index contributed by atoms with van der Waals surface area (Å²) in [4.78, 5) is 5.22. The highest BCUT2D eigenvalue weighted by molar-refractivity contribution is 6.18. The average molecular weight is 286 g/mol. The van der Waals surface area contributed by atoms with Crippen LogP contribution in [0.25, 0.3) is 11.0 Å². The summed E-state index contributed by atoms with van der Waals surface area (Å²) in [5.74, 6) is 2.54. The Labute approximate surface area is 116 Å². The molecule has 0 amide bonds. The SMILES string of the molecule is COc1cc(OC)c2oc(CONCCCl)cc2c1. The van der Waals surface area contributed by atoms with Crippen LogP contribution in [-0.4, -0.2) is 26.6 Å². The minimum atomic E-state index is 0.317. The van der Waals surface area contributed by atoms with E-state index in [2.05, 4.69) is 5.48 Å². The lowest BCUT2D eigenvalue weighted by Gasteiger charge is -2.04. The monoisotopic (exact) mass is 285 g/mol. The molecule has 0 bridgehead atoms. The lowest BCUT2D eigenvalue weighted by atomic mass is 10.2. The van der Waals surface area contributed by atoms with Gasteiger partial charge < -0.3 is 13.9 Å². The van der Waals surface area contributed by atoms with E-state index in [-0.39, 0.29) is 0 Å². The molecule has 0 unspecified atom stereocenters. The second-order valence-electron chi connectivity index (χ2n) is 3.83. The van der Waals surface area contributed by atoms with Gasteiger partial charge in [0.2, 0.25) is 0 Å². The number of fused-ring (bicyclic) bond motifs is 1. The number of alkyl halides is 1. The smallest absolute Gasteiger partial charge is 0.176 e. The zero-order chi connectivity index (χ0) is 13.7. The van der Waals surface area contributed by atoms with Crippen molar-refractivity contribution < 1.29 is 18.7 Å². The van der Waals surface area contributed by atoms with Gasteiger partial charge in [0.25, 0.3) is 0 Å². The third-order valence-corrected chi connectivity index (χ3v) is 2.76. The van der Waals surface area contributed by atoms with Gasteiger partial charge in [-0.2, -0.15) is 0 Å². The highest BCUT2D eigenvalue weighted by atomic mass is 35.5. The minimum absolute atomic E-state index is 0.317. The molecule has 2 aromatic rings. The first kappa shape index (κ1) is 14.0. The summed E-state index contributed by atoms with van der Waals surface area (Å²) in [6, 6.07) is 5.56. The van der Waals surface area contributed by atoms with Crippen LogP contribution in [0.3, 0.4) is 0 Å². The predicted molar refractivity (Wildman–Crippen MR) is 72.8 cm³/mol. The molecule has 0 fully saturated rings. The predicted octanol–water partition coefficient (Wildman–Crippen LogP) is 2.71. The molecule has 0 aliphatic rings. The van der Waals surface area contributed by atoms with Crippen molar-refractivity contribution in [2.24, 2.45) is 0 Å². The van der Waals surface area contributed by atoms with Gasteiger partial charge in [-0.1, -0.05) is 0 Å². The van der Waals surface area contributed by atoms with Gasteiger partial charge in [0.15, 0.2) is 11.3 Å². The summed E-state index contributed by atoms with van der Waals surface area (Å²) in [5.41, 5.74) is 3.41. The molecule has 0 saturated carbocycles. The van der Waals surface area contributed by atoms with Crippen LogP contribution in [0.2, 0.25) is 0 Å². The first-order chi connectivity index (χ1) is 9.28. The average Bonchev–Trinajstić information content (AvgIpc) is 2.85. The fourth-order valence-electron chi connectivity index (χ4n) is 1.72. The van der Waals surface area contributed by atoms with Crippen molar-refractivity contribution >= 4 is 22.6 Å². The molecule has 1 N–H and O–H groups in total. The minimum Gasteiger partial charge on any atom is -0.497 e. The Morgan fingerprint density at radius 3 is 2.74 bits per heavy atom. The molecule has 0 atom stereocenters. The van der Waals surface area contributed by atoms with Gasteiger partial charge >= 0.3 is 0 Å². The van der Waals surface area contributed by atoms with Crippen LogP contribution in [0, 0.1) is 0 Å². The van der Waals surface area contributed by atoms with E-state index in [1.807, 2.05) is 12.1 Å². The second-order valence-corrected chi connectivity index (χ2v) is 4.21. The van der Waals surface area contributed by atoms with Crippen LogP contribution < -0.4 is 15.0 Å². The van der Waals surface area contributed by atoms with Crippen molar-refractivity contribution in [1.82, 2.24) is 5.48 Å². The van der Waals surface area contributed by atoms with Crippen LogP contribution >= 0.6 is 11.6 Å². The number of hydrogen-bond donors (Lipinski definition) is 1. The number of rotatable bonds is 7. The number of halogens is 1. The third kappa shape index (κ3) is 3.32. The summed E-state index contributed by atoms with van der Waals surface area (Å²) < 4.78 is 16.2. The van der Waals surface area contributed by atoms with Gasteiger partial charge in [0, 0.05) is 23.9 Å². The number of furan rings is 1. The molecule has 0 aliphatic carbocycles. The van der Waals surface area contributed by atoms with E-state index in [0.717, 1.165) is 11.1 Å². The lowest BCUT2D eigenvalue weighted by molar-refractivity contribution is 0.0228. The Hall–Kier alpha value is -1.43. The van der Waals surface area contributed by atoms with Crippen molar-refractivity contribution in [1.29, 1.82) is 0 Å². The summed E-state index contributed by atoms with van der Waals surface area (Å²) in [5, 5.41) is 0.909. The van der Waals surface area contributed by atoms with Gasteiger partial charge in [-0.15, -0.1) is 11.6 Å². The van der Waals surface area contributed by atoms with E-state index in [1.165, 1.54) is 0 Å². The summed E-state index contributed by atoms with van der Waals surface area (Å²) in [6.07, 6.45) is 0. The Balaban J connectivity index is 2.19. The van der Waals surface area contributed by atoms with Crippen molar-refractivity contribution in [3.05, 3.63) is 24.0 Å². The zero-order valence-corrected chi connectivity index (χ0v) is 11.6. The number of nitrogens with one attached hydrogen (secondary N) is 1. The molecule has 104 valence electrons. The standard InChI is InChI=1S/C13H16ClNO4/c1-16-10-5-9-6-11(8-18-15-4-3-14)19-13(9)12(7-10)17-2/h5-7,15H,3-4,8H2,1-2H3. The summed E-state index contributed by atoms with van der Waals surface area (Å²) in [6.45, 7) is 0.899. The normalized spacial score (nSPS) is 10.9. The molecule has 0 aliphatic heterocycles. The molecule has 5 nitrogen and oxygen atoms in total. The van der Waals surface area contributed by atoms with E-state index in [4.69, 9.17) is 30.3 Å². The number of hydroxylamine groups is 1. The lowest BCUT2D eigenvalue weighted by Crippen LogP contribution is -2.16. The Morgan fingerprint density at radius 1 is 1.21 bits per heavy atom. The molecule has 0 saturated heterocycles. The maximum absolute atomic E-state index is 5.69. The van der Waals surface area contributed by atoms with Crippen molar-refractivity contribution in [2.45, 2.75) is 6.61 Å². The van der Waals surface area contributed by atoms with Crippen LogP contribution in [0.4, 0.5) is 0 Å². The van der Waals surface area contributed by atoms with Crippen LogP contribution in [0.1, 0.15) is 5.76 Å². The molecule has 1 heterocycles. The largest absolute Gasteiger partial charge is 0.497 e. The summed E-state index contributed by atoms with van der Waals surface area (Å²) in [7, 11) is 3.20. The molecule has 1 aromatic carbocycles. The maximum atomic E-state index is 5.69. The topological polar surface area (TPSA) is 52.9 Å². The molecular formula is C13H16ClNO4. The molecule has 0 spiro atoms. The van der Waals surface area contributed by atoms with Gasteiger partial charge in [-0.3, -0.25) is 4.84 Å². The molecule has 0 radical (unpaired) electrons.